The van der Waals surface area contributed by atoms with Gasteiger partial charge in [-0.3, -0.25) is 0 Å². The Morgan fingerprint density at radius 1 is 0.400 bits per heavy atom. The average Bonchev–Trinajstić information content (AvgIpc) is 3.58. The van der Waals surface area contributed by atoms with Crippen molar-refractivity contribution in [2.45, 2.75) is 0 Å². The van der Waals surface area contributed by atoms with Crippen molar-refractivity contribution in [3.05, 3.63) is 170 Å². The molecule has 0 radical (unpaired) electrons. The van der Waals surface area contributed by atoms with Crippen molar-refractivity contribution >= 4 is 43.3 Å². The minimum atomic E-state index is -0.451. The molecule has 0 N–H and O–H groups in total. The molecule has 1 aromatic heterocycles. The molecular weight excluding hydrogens is 544 g/mol. The molecule has 0 atom stereocenters. The molecule has 8 aromatic carbocycles. The lowest BCUT2D eigenvalue weighted by atomic mass is 9.83. The topological polar surface area (TPSA) is 13.1 Å². The van der Waals surface area contributed by atoms with Crippen molar-refractivity contribution in [2.75, 3.05) is 0 Å². The monoisotopic (exact) mass is 580 g/mol. The van der Waals surface area contributed by atoms with Crippen molar-refractivity contribution in [2.24, 2.45) is 0 Å². The lowest BCUT2D eigenvalue weighted by Gasteiger charge is -2.19. The maximum Gasteiger partial charge on any atom is 0.143 e. The summed E-state index contributed by atoms with van der Waals surface area (Å²) in [7, 11) is 0. The summed E-state index contributed by atoms with van der Waals surface area (Å²) in [5.74, 6) is 0.408. The molecule has 0 bridgehead atoms. The Kier molecular flexibility index (Phi) is 4.30. The van der Waals surface area contributed by atoms with Gasteiger partial charge in [0.2, 0.25) is 0 Å². The van der Waals surface area contributed by atoms with Crippen LogP contribution in [0, 0.1) is 0 Å². The molecule has 0 fully saturated rings. The lowest BCUT2D eigenvalue weighted by Crippen LogP contribution is -1.92. The molecule has 0 spiro atoms. The van der Waals surface area contributed by atoms with Crippen molar-refractivity contribution in [1.29, 1.82) is 0 Å². The lowest BCUT2D eigenvalue weighted by molar-refractivity contribution is 0.632. The van der Waals surface area contributed by atoms with Gasteiger partial charge in [0, 0.05) is 22.1 Å². The van der Waals surface area contributed by atoms with Gasteiger partial charge in [0.25, 0.3) is 0 Å². The third-order valence-electron chi connectivity index (χ3n) is 8.52. The summed E-state index contributed by atoms with van der Waals surface area (Å²) in [5, 5.41) is 2.88. The van der Waals surface area contributed by atoms with Crippen molar-refractivity contribution in [3.63, 3.8) is 0 Å². The van der Waals surface area contributed by atoms with Crippen molar-refractivity contribution in [1.82, 2.24) is 0 Å². The molecular formula is C44H28O. The van der Waals surface area contributed by atoms with Crippen LogP contribution in [0.15, 0.2) is 174 Å². The number of fused-ring (bicyclic) bond motifs is 4. The second kappa shape index (κ2) is 10.4. The highest BCUT2D eigenvalue weighted by Crippen LogP contribution is 2.50. The minimum absolute atomic E-state index is 0.142. The zero-order valence-corrected chi connectivity index (χ0v) is 24.0. The van der Waals surface area contributed by atoms with Crippen LogP contribution in [0.1, 0.15) is 11.0 Å². The summed E-state index contributed by atoms with van der Waals surface area (Å²) in [6, 6.07) is 35.3. The molecule has 1 heteroatoms. The summed E-state index contributed by atoms with van der Waals surface area (Å²) in [4.78, 5) is 0. The zero-order chi connectivity index (χ0) is 36.7. The third-order valence-corrected chi connectivity index (χ3v) is 8.52. The van der Waals surface area contributed by atoms with E-state index >= 15 is 0 Å². The van der Waals surface area contributed by atoms with E-state index in [1.54, 1.807) is 0 Å². The molecule has 9 rings (SSSR count). The van der Waals surface area contributed by atoms with Gasteiger partial charge in [-0.1, -0.05) is 158 Å². The Bertz CT molecular complexity index is 2890. The fraction of sp³-hybridized carbons (Fsp3) is 0. The van der Waals surface area contributed by atoms with Crippen LogP contribution in [0.3, 0.4) is 0 Å². The molecule has 0 amide bonds. The molecule has 9 aromatic rings. The highest BCUT2D eigenvalue weighted by Gasteiger charge is 2.24. The molecule has 45 heavy (non-hydrogen) atoms. The van der Waals surface area contributed by atoms with E-state index < -0.39 is 24.2 Å². The molecule has 0 saturated carbocycles. The SMILES string of the molecule is [2H]c1c([2H])c([2H])c2c(-c3c(-c4ccccc4)oc4cc(-c5ccccc5)ccc34)c3c([2H])c([2H])c([2H])c([2H])c3c(-c3cccc4ccccc34)c2c1[2H]. The van der Waals surface area contributed by atoms with Gasteiger partial charge in [0.15, 0.2) is 0 Å². The summed E-state index contributed by atoms with van der Waals surface area (Å²) >= 11 is 0. The van der Waals surface area contributed by atoms with E-state index in [0.717, 1.165) is 21.9 Å². The van der Waals surface area contributed by atoms with Crippen LogP contribution in [-0.2, 0) is 0 Å². The van der Waals surface area contributed by atoms with E-state index in [1.807, 2.05) is 121 Å². The van der Waals surface area contributed by atoms with Crippen molar-refractivity contribution in [3.8, 4) is 44.7 Å². The van der Waals surface area contributed by atoms with Gasteiger partial charge < -0.3 is 4.42 Å². The summed E-state index contributed by atoms with van der Waals surface area (Å²) in [6.45, 7) is 0. The Morgan fingerprint density at radius 3 is 1.67 bits per heavy atom. The van der Waals surface area contributed by atoms with E-state index in [2.05, 4.69) is 0 Å². The summed E-state index contributed by atoms with van der Waals surface area (Å²) < 4.78 is 80.2. The number of hydrogen-bond acceptors (Lipinski definition) is 1. The molecule has 1 heterocycles. The third kappa shape index (κ3) is 4.09. The van der Waals surface area contributed by atoms with Gasteiger partial charge in [-0.2, -0.15) is 0 Å². The highest BCUT2D eigenvalue weighted by atomic mass is 16.3. The Balaban J connectivity index is 1.58. The summed E-state index contributed by atoms with van der Waals surface area (Å²) in [6.07, 6.45) is 0. The summed E-state index contributed by atoms with van der Waals surface area (Å²) in [5.41, 5.74) is 4.73. The van der Waals surface area contributed by atoms with E-state index in [1.165, 1.54) is 0 Å². The maximum atomic E-state index is 9.50. The van der Waals surface area contributed by atoms with Gasteiger partial charge >= 0.3 is 0 Å². The van der Waals surface area contributed by atoms with Gasteiger partial charge in [-0.05, 0) is 66.7 Å². The smallest absolute Gasteiger partial charge is 0.143 e. The van der Waals surface area contributed by atoms with E-state index in [0.29, 0.717) is 39.0 Å². The molecule has 0 aliphatic heterocycles. The average molecular weight is 581 g/mol. The van der Waals surface area contributed by atoms with Gasteiger partial charge in [0.05, 0.1) is 11.0 Å². The number of hydrogen-bond donors (Lipinski definition) is 0. The normalized spacial score (nSPS) is 14.0. The number of furan rings is 1. The molecule has 1 nitrogen and oxygen atoms in total. The number of rotatable bonds is 4. The second-order valence-corrected chi connectivity index (χ2v) is 11.0. The Labute approximate surface area is 272 Å². The Morgan fingerprint density at radius 2 is 0.978 bits per heavy atom. The molecule has 0 saturated heterocycles. The highest BCUT2D eigenvalue weighted by molar-refractivity contribution is 6.26. The zero-order valence-electron chi connectivity index (χ0n) is 32.0. The van der Waals surface area contributed by atoms with E-state index in [9.17, 15) is 5.48 Å². The Hall–Kier alpha value is -5.92. The first kappa shape index (κ1) is 18.7. The fourth-order valence-corrected chi connectivity index (χ4v) is 6.54. The van der Waals surface area contributed by atoms with Gasteiger partial charge in [0.1, 0.15) is 11.3 Å². The first-order valence-electron chi connectivity index (χ1n) is 18.8. The van der Waals surface area contributed by atoms with Crippen LogP contribution in [0.5, 0.6) is 0 Å². The predicted molar refractivity (Wildman–Crippen MR) is 190 cm³/mol. The van der Waals surface area contributed by atoms with Crippen LogP contribution < -0.4 is 0 Å². The second-order valence-electron chi connectivity index (χ2n) is 11.0. The van der Waals surface area contributed by atoms with Gasteiger partial charge in [-0.25, -0.2) is 0 Å². The molecule has 0 aliphatic rings. The van der Waals surface area contributed by atoms with Crippen LogP contribution in [0.25, 0.3) is 88.0 Å². The molecule has 210 valence electrons. The van der Waals surface area contributed by atoms with Crippen LogP contribution in [0.4, 0.5) is 0 Å². The van der Waals surface area contributed by atoms with Crippen LogP contribution in [0.2, 0.25) is 0 Å². The van der Waals surface area contributed by atoms with Crippen LogP contribution in [-0.4, -0.2) is 0 Å². The first-order chi connectivity index (χ1) is 25.7. The minimum Gasteiger partial charge on any atom is -0.455 e. The fourth-order valence-electron chi connectivity index (χ4n) is 6.54. The van der Waals surface area contributed by atoms with Crippen LogP contribution >= 0.6 is 0 Å². The van der Waals surface area contributed by atoms with Gasteiger partial charge in [-0.15, -0.1) is 0 Å². The quantitative estimate of drug-likeness (QED) is 0.189. The largest absolute Gasteiger partial charge is 0.455 e. The first-order valence-corrected chi connectivity index (χ1v) is 14.8. The standard InChI is InChI=1S/C44H28O/c1-3-14-29(15-4-1)32-26-27-39-40(28-32)45-44(31-17-5-2-6-18-31)43(39)42-37-23-11-9-21-35(37)41(36-22-10-12-24-38(36)42)34-25-13-19-30-16-7-8-20-33(30)34/h1-28H/i9D,10D,11D,12D,21D,22D,23D,24D. The maximum absolute atomic E-state index is 9.50. The molecule has 0 unspecified atom stereocenters. The van der Waals surface area contributed by atoms with E-state index in [4.69, 9.17) is 9.90 Å². The number of benzene rings is 8. The predicted octanol–water partition coefficient (Wildman–Crippen LogP) is 12.6. The van der Waals surface area contributed by atoms with Crippen molar-refractivity contribution < 1.29 is 15.4 Å². The molecule has 0 aliphatic carbocycles. The van der Waals surface area contributed by atoms with E-state index in [-0.39, 0.29) is 51.3 Å².